The zero-order chi connectivity index (χ0) is 20.9. The Balaban J connectivity index is 1.67. The van der Waals surface area contributed by atoms with Crippen LogP contribution in [0.15, 0.2) is 42.7 Å². The number of pyridine rings is 1. The van der Waals surface area contributed by atoms with Gasteiger partial charge in [0.1, 0.15) is 0 Å². The minimum absolute atomic E-state index is 0.193. The maximum absolute atomic E-state index is 13.2. The molecule has 1 aromatic carbocycles. The van der Waals surface area contributed by atoms with Crippen molar-refractivity contribution in [2.45, 2.75) is 38.4 Å². The highest BCUT2D eigenvalue weighted by atomic mass is 16.5. The number of amides is 1. The van der Waals surface area contributed by atoms with Crippen LogP contribution in [0.2, 0.25) is 0 Å². The average molecular weight is 409 g/mol. The number of hydrogen-bond donors (Lipinski definition) is 3. The SMILES string of the molecule is CCn1ncc2c(NC3CCOCC3)c(C(=O)N[C@H](CO)c3ccccc3)cnc21. The van der Waals surface area contributed by atoms with E-state index in [0.717, 1.165) is 35.1 Å². The summed E-state index contributed by atoms with van der Waals surface area (Å²) in [5.74, 6) is -0.286. The number of aliphatic hydroxyl groups is 1. The van der Waals surface area contributed by atoms with Gasteiger partial charge in [0.2, 0.25) is 0 Å². The Morgan fingerprint density at radius 3 is 2.73 bits per heavy atom. The molecule has 0 spiro atoms. The van der Waals surface area contributed by atoms with Crippen molar-refractivity contribution in [2.24, 2.45) is 0 Å². The van der Waals surface area contributed by atoms with Crippen LogP contribution in [-0.4, -0.2) is 51.6 Å². The summed E-state index contributed by atoms with van der Waals surface area (Å²) in [5.41, 5.74) is 2.76. The molecule has 1 fully saturated rings. The topological polar surface area (TPSA) is 101 Å². The molecule has 1 saturated heterocycles. The highest BCUT2D eigenvalue weighted by Gasteiger charge is 2.23. The van der Waals surface area contributed by atoms with Crippen molar-refractivity contribution in [1.82, 2.24) is 20.1 Å². The van der Waals surface area contributed by atoms with E-state index in [1.165, 1.54) is 0 Å². The largest absolute Gasteiger partial charge is 0.394 e. The van der Waals surface area contributed by atoms with Gasteiger partial charge in [-0.1, -0.05) is 30.3 Å². The standard InChI is InChI=1S/C22H27N5O3/c1-2-27-21-17(13-24-27)20(25-16-8-10-30-11-9-16)18(12-23-21)22(29)26-19(14-28)15-6-4-3-5-7-15/h3-7,12-13,16,19,28H,2,8-11,14H2,1H3,(H,23,25)(H,26,29)/t19-/m1/s1. The fourth-order valence-corrected chi connectivity index (χ4v) is 3.79. The van der Waals surface area contributed by atoms with Gasteiger partial charge in [-0.15, -0.1) is 0 Å². The van der Waals surface area contributed by atoms with E-state index in [4.69, 9.17) is 4.74 Å². The summed E-state index contributed by atoms with van der Waals surface area (Å²) in [6.45, 7) is 3.90. The monoisotopic (exact) mass is 409 g/mol. The van der Waals surface area contributed by atoms with E-state index in [1.807, 2.05) is 41.9 Å². The van der Waals surface area contributed by atoms with Gasteiger partial charge in [-0.05, 0) is 25.3 Å². The second-order valence-corrected chi connectivity index (χ2v) is 7.39. The molecule has 0 bridgehead atoms. The van der Waals surface area contributed by atoms with E-state index in [-0.39, 0.29) is 18.6 Å². The minimum atomic E-state index is -0.497. The first-order chi connectivity index (χ1) is 14.7. The molecule has 3 N–H and O–H groups in total. The molecule has 0 saturated carbocycles. The number of aliphatic hydroxyl groups excluding tert-OH is 1. The number of anilines is 1. The van der Waals surface area contributed by atoms with Gasteiger partial charge in [0.15, 0.2) is 5.65 Å². The maximum atomic E-state index is 13.2. The quantitative estimate of drug-likeness (QED) is 0.554. The summed E-state index contributed by atoms with van der Waals surface area (Å²) in [5, 5.41) is 21.6. The molecule has 8 nitrogen and oxygen atoms in total. The molecule has 1 amide bonds. The molecule has 2 aromatic heterocycles. The van der Waals surface area contributed by atoms with E-state index in [1.54, 1.807) is 12.4 Å². The van der Waals surface area contributed by atoms with Crippen LogP contribution in [-0.2, 0) is 11.3 Å². The lowest BCUT2D eigenvalue weighted by Crippen LogP contribution is -2.33. The van der Waals surface area contributed by atoms with Crippen LogP contribution in [0.25, 0.3) is 11.0 Å². The summed E-state index contributed by atoms with van der Waals surface area (Å²) < 4.78 is 7.28. The lowest BCUT2D eigenvalue weighted by atomic mass is 10.0. The number of carbonyl (C=O) groups excluding carboxylic acids is 1. The van der Waals surface area contributed by atoms with Gasteiger partial charge in [0, 0.05) is 32.0 Å². The lowest BCUT2D eigenvalue weighted by molar-refractivity contribution is 0.0901. The van der Waals surface area contributed by atoms with E-state index < -0.39 is 6.04 Å². The molecule has 1 atom stereocenters. The number of nitrogens with zero attached hydrogens (tertiary/aromatic N) is 3. The lowest BCUT2D eigenvalue weighted by Gasteiger charge is -2.26. The summed E-state index contributed by atoms with van der Waals surface area (Å²) in [6, 6.07) is 9.15. The first kappa shape index (κ1) is 20.3. The third-order valence-corrected chi connectivity index (χ3v) is 5.47. The molecule has 4 rings (SSSR count). The Labute approximate surface area is 175 Å². The number of hydrogen-bond acceptors (Lipinski definition) is 6. The molecule has 1 aliphatic rings. The Morgan fingerprint density at radius 2 is 2.03 bits per heavy atom. The zero-order valence-corrected chi connectivity index (χ0v) is 17.0. The maximum Gasteiger partial charge on any atom is 0.255 e. The number of nitrogens with one attached hydrogen (secondary N) is 2. The highest BCUT2D eigenvalue weighted by molar-refractivity contribution is 6.06. The van der Waals surface area contributed by atoms with E-state index in [9.17, 15) is 9.90 Å². The van der Waals surface area contributed by atoms with Gasteiger partial charge in [-0.2, -0.15) is 5.10 Å². The minimum Gasteiger partial charge on any atom is -0.394 e. The molecular formula is C22H27N5O3. The number of fused-ring (bicyclic) bond motifs is 1. The second kappa shape index (κ2) is 9.23. The van der Waals surface area contributed by atoms with Gasteiger partial charge in [0.05, 0.1) is 35.5 Å². The Hall–Kier alpha value is -2.97. The van der Waals surface area contributed by atoms with Gasteiger partial charge < -0.3 is 20.5 Å². The van der Waals surface area contributed by atoms with Crippen molar-refractivity contribution < 1.29 is 14.6 Å². The number of aromatic nitrogens is 3. The van der Waals surface area contributed by atoms with Crippen molar-refractivity contribution in [3.8, 4) is 0 Å². The van der Waals surface area contributed by atoms with E-state index in [0.29, 0.717) is 25.3 Å². The molecule has 0 unspecified atom stereocenters. The first-order valence-electron chi connectivity index (χ1n) is 10.4. The van der Waals surface area contributed by atoms with Crippen molar-refractivity contribution in [2.75, 3.05) is 25.1 Å². The fourth-order valence-electron chi connectivity index (χ4n) is 3.79. The molecule has 158 valence electrons. The third kappa shape index (κ3) is 4.15. The fraction of sp³-hybridized carbons (Fsp3) is 0.409. The predicted octanol–water partition coefficient (Wildman–Crippen LogP) is 2.51. The number of ether oxygens (including phenoxy) is 1. The first-order valence-corrected chi connectivity index (χ1v) is 10.4. The molecule has 0 aliphatic carbocycles. The van der Waals surface area contributed by atoms with Crippen LogP contribution in [0.5, 0.6) is 0 Å². The molecule has 1 aliphatic heterocycles. The number of carbonyl (C=O) groups is 1. The Kier molecular flexibility index (Phi) is 6.25. The molecule has 0 radical (unpaired) electrons. The highest BCUT2D eigenvalue weighted by Crippen LogP contribution is 2.29. The van der Waals surface area contributed by atoms with Crippen LogP contribution < -0.4 is 10.6 Å². The molecule has 30 heavy (non-hydrogen) atoms. The van der Waals surface area contributed by atoms with Crippen molar-refractivity contribution in [1.29, 1.82) is 0 Å². The van der Waals surface area contributed by atoms with Crippen LogP contribution in [0, 0.1) is 0 Å². The number of aryl methyl sites for hydroxylation is 1. The molecule has 3 heterocycles. The predicted molar refractivity (Wildman–Crippen MR) is 114 cm³/mol. The van der Waals surface area contributed by atoms with Crippen LogP contribution in [0.1, 0.15) is 41.7 Å². The smallest absolute Gasteiger partial charge is 0.255 e. The number of benzene rings is 1. The van der Waals surface area contributed by atoms with Gasteiger partial charge in [-0.25, -0.2) is 9.67 Å². The van der Waals surface area contributed by atoms with Gasteiger partial charge >= 0.3 is 0 Å². The van der Waals surface area contributed by atoms with E-state index in [2.05, 4.69) is 20.7 Å². The van der Waals surface area contributed by atoms with Crippen molar-refractivity contribution >= 4 is 22.6 Å². The van der Waals surface area contributed by atoms with E-state index >= 15 is 0 Å². The molecule has 8 heteroatoms. The van der Waals surface area contributed by atoms with Gasteiger partial charge in [-0.3, -0.25) is 4.79 Å². The Morgan fingerprint density at radius 1 is 1.27 bits per heavy atom. The van der Waals surface area contributed by atoms with Crippen molar-refractivity contribution in [3.05, 3.63) is 53.9 Å². The summed E-state index contributed by atoms with van der Waals surface area (Å²) >= 11 is 0. The van der Waals surface area contributed by atoms with Crippen LogP contribution in [0.3, 0.4) is 0 Å². The molecule has 3 aromatic rings. The summed E-state index contributed by atoms with van der Waals surface area (Å²) in [4.78, 5) is 17.7. The number of rotatable bonds is 7. The summed E-state index contributed by atoms with van der Waals surface area (Å²) in [6.07, 6.45) is 5.09. The summed E-state index contributed by atoms with van der Waals surface area (Å²) in [7, 11) is 0. The zero-order valence-electron chi connectivity index (χ0n) is 17.0. The van der Waals surface area contributed by atoms with Crippen LogP contribution in [0.4, 0.5) is 5.69 Å². The second-order valence-electron chi connectivity index (χ2n) is 7.39. The molecular weight excluding hydrogens is 382 g/mol. The van der Waals surface area contributed by atoms with Gasteiger partial charge in [0.25, 0.3) is 5.91 Å². The average Bonchev–Trinajstić information content (AvgIpc) is 3.22. The van der Waals surface area contributed by atoms with Crippen LogP contribution >= 0.6 is 0 Å². The third-order valence-electron chi connectivity index (χ3n) is 5.47. The Bertz CT molecular complexity index is 999. The van der Waals surface area contributed by atoms with Crippen molar-refractivity contribution in [3.63, 3.8) is 0 Å². The normalized spacial score (nSPS) is 15.8.